The average Bonchev–Trinajstić information content (AvgIpc) is 2.48. The number of halogens is 2. The SMILES string of the molecule is COc1ccc(/C=C/C(=O)Nc2ccc(C)cc2Br)cc1F. The van der Waals surface area contributed by atoms with Gasteiger partial charge in [0.05, 0.1) is 12.8 Å². The molecule has 2 aromatic rings. The van der Waals surface area contributed by atoms with Gasteiger partial charge in [-0.05, 0) is 64.3 Å². The zero-order valence-corrected chi connectivity index (χ0v) is 13.8. The van der Waals surface area contributed by atoms with Crippen LogP contribution in [0.1, 0.15) is 11.1 Å². The Balaban J connectivity index is 2.06. The fraction of sp³-hybridized carbons (Fsp3) is 0.118. The van der Waals surface area contributed by atoms with Gasteiger partial charge in [-0.25, -0.2) is 4.39 Å². The molecule has 1 amide bonds. The lowest BCUT2D eigenvalue weighted by Gasteiger charge is -2.06. The molecule has 0 fully saturated rings. The van der Waals surface area contributed by atoms with Gasteiger partial charge in [-0.2, -0.15) is 0 Å². The van der Waals surface area contributed by atoms with Gasteiger partial charge in [0.15, 0.2) is 11.6 Å². The van der Waals surface area contributed by atoms with E-state index in [9.17, 15) is 9.18 Å². The molecule has 2 aromatic carbocycles. The van der Waals surface area contributed by atoms with Gasteiger partial charge in [-0.3, -0.25) is 4.79 Å². The van der Waals surface area contributed by atoms with Gasteiger partial charge in [0.1, 0.15) is 0 Å². The summed E-state index contributed by atoms with van der Waals surface area (Å²) in [5.74, 6) is -0.586. The minimum Gasteiger partial charge on any atom is -0.494 e. The third kappa shape index (κ3) is 4.18. The average molecular weight is 364 g/mol. The summed E-state index contributed by atoms with van der Waals surface area (Å²) < 4.78 is 19.2. The zero-order valence-electron chi connectivity index (χ0n) is 12.2. The van der Waals surface area contributed by atoms with E-state index in [1.165, 1.54) is 25.3 Å². The first kappa shape index (κ1) is 16.2. The van der Waals surface area contributed by atoms with E-state index in [1.54, 1.807) is 12.1 Å². The number of hydrogen-bond donors (Lipinski definition) is 1. The number of aryl methyl sites for hydroxylation is 1. The molecule has 0 spiro atoms. The monoisotopic (exact) mass is 363 g/mol. The molecule has 0 aromatic heterocycles. The molecule has 0 unspecified atom stereocenters. The number of anilines is 1. The number of ether oxygens (including phenoxy) is 1. The van der Waals surface area contributed by atoms with Crippen molar-refractivity contribution in [1.29, 1.82) is 0 Å². The van der Waals surface area contributed by atoms with Gasteiger partial charge in [0.25, 0.3) is 0 Å². The minimum atomic E-state index is -0.466. The zero-order chi connectivity index (χ0) is 16.1. The lowest BCUT2D eigenvalue weighted by Crippen LogP contribution is -2.08. The molecule has 22 heavy (non-hydrogen) atoms. The standard InChI is InChI=1S/C17H15BrFNO2/c1-11-3-6-15(13(18)9-11)20-17(21)8-5-12-4-7-16(22-2)14(19)10-12/h3-10H,1-2H3,(H,20,21)/b8-5+. The van der Waals surface area contributed by atoms with Crippen LogP contribution >= 0.6 is 15.9 Å². The molecule has 0 atom stereocenters. The van der Waals surface area contributed by atoms with Gasteiger partial charge in [0.2, 0.25) is 5.91 Å². The maximum atomic E-state index is 13.5. The van der Waals surface area contributed by atoms with E-state index in [4.69, 9.17) is 4.74 Å². The van der Waals surface area contributed by atoms with Crippen molar-refractivity contribution in [2.45, 2.75) is 6.92 Å². The summed E-state index contributed by atoms with van der Waals surface area (Å²) >= 11 is 3.39. The quantitative estimate of drug-likeness (QED) is 0.808. The molecule has 0 aliphatic rings. The van der Waals surface area contributed by atoms with Crippen LogP contribution in [0.4, 0.5) is 10.1 Å². The van der Waals surface area contributed by atoms with Crippen LogP contribution in [0.2, 0.25) is 0 Å². The molecule has 3 nitrogen and oxygen atoms in total. The number of carbonyl (C=O) groups excluding carboxylic acids is 1. The predicted molar refractivity (Wildman–Crippen MR) is 89.5 cm³/mol. The Morgan fingerprint density at radius 1 is 1.27 bits per heavy atom. The fourth-order valence-corrected chi connectivity index (χ4v) is 2.45. The van der Waals surface area contributed by atoms with Crippen molar-refractivity contribution in [2.75, 3.05) is 12.4 Å². The van der Waals surface area contributed by atoms with E-state index in [2.05, 4.69) is 21.2 Å². The first-order valence-electron chi connectivity index (χ1n) is 6.58. The third-order valence-corrected chi connectivity index (χ3v) is 3.64. The summed E-state index contributed by atoms with van der Waals surface area (Å²) in [5.41, 5.74) is 2.35. The first-order valence-corrected chi connectivity index (χ1v) is 7.37. The number of methoxy groups -OCH3 is 1. The summed E-state index contributed by atoms with van der Waals surface area (Å²) in [6.45, 7) is 1.97. The van der Waals surface area contributed by atoms with E-state index < -0.39 is 5.82 Å². The molecule has 0 aliphatic heterocycles. The Morgan fingerprint density at radius 2 is 2.05 bits per heavy atom. The molecule has 0 heterocycles. The molecular formula is C17H15BrFNO2. The van der Waals surface area contributed by atoms with Gasteiger partial charge in [-0.1, -0.05) is 12.1 Å². The molecule has 114 valence electrons. The van der Waals surface area contributed by atoms with Crippen molar-refractivity contribution in [3.05, 3.63) is 63.9 Å². The number of carbonyl (C=O) groups is 1. The van der Waals surface area contributed by atoms with Crippen LogP contribution in [0.5, 0.6) is 5.75 Å². The molecule has 5 heteroatoms. The Morgan fingerprint density at radius 3 is 2.68 bits per heavy atom. The molecular weight excluding hydrogens is 349 g/mol. The van der Waals surface area contributed by atoms with Gasteiger partial charge >= 0.3 is 0 Å². The molecule has 2 rings (SSSR count). The lowest BCUT2D eigenvalue weighted by molar-refractivity contribution is -0.111. The van der Waals surface area contributed by atoms with Crippen LogP contribution in [0.3, 0.4) is 0 Å². The Hall–Kier alpha value is -2.14. The van der Waals surface area contributed by atoms with Crippen molar-refractivity contribution in [1.82, 2.24) is 0 Å². The molecule has 0 saturated carbocycles. The first-order chi connectivity index (χ1) is 10.5. The summed E-state index contributed by atoms with van der Waals surface area (Å²) in [6.07, 6.45) is 2.90. The largest absolute Gasteiger partial charge is 0.494 e. The molecule has 1 N–H and O–H groups in total. The highest BCUT2D eigenvalue weighted by Crippen LogP contribution is 2.23. The van der Waals surface area contributed by atoms with Crippen LogP contribution in [-0.4, -0.2) is 13.0 Å². The summed E-state index contributed by atoms with van der Waals surface area (Å²) in [5, 5.41) is 2.75. The Labute approximate surface area is 136 Å². The predicted octanol–water partition coefficient (Wildman–Crippen LogP) is 4.56. The summed E-state index contributed by atoms with van der Waals surface area (Å²) in [7, 11) is 1.40. The minimum absolute atomic E-state index is 0.171. The van der Waals surface area contributed by atoms with Crippen molar-refractivity contribution in [3.8, 4) is 5.75 Å². The molecule has 0 bridgehead atoms. The van der Waals surface area contributed by atoms with E-state index >= 15 is 0 Å². The van der Waals surface area contributed by atoms with E-state index in [0.717, 1.165) is 10.0 Å². The second-order valence-electron chi connectivity index (χ2n) is 4.70. The second kappa shape index (κ2) is 7.22. The molecule has 0 aliphatic carbocycles. The second-order valence-corrected chi connectivity index (χ2v) is 5.55. The van der Waals surface area contributed by atoms with Crippen molar-refractivity contribution in [2.24, 2.45) is 0 Å². The number of benzene rings is 2. The smallest absolute Gasteiger partial charge is 0.248 e. The number of rotatable bonds is 4. The van der Waals surface area contributed by atoms with Crippen molar-refractivity contribution >= 4 is 33.6 Å². The highest BCUT2D eigenvalue weighted by atomic mass is 79.9. The Kier molecular flexibility index (Phi) is 5.33. The normalized spacial score (nSPS) is 10.7. The van der Waals surface area contributed by atoms with Gasteiger partial charge in [-0.15, -0.1) is 0 Å². The third-order valence-electron chi connectivity index (χ3n) is 2.99. The Bertz CT molecular complexity index is 729. The number of nitrogens with one attached hydrogen (secondary N) is 1. The maximum absolute atomic E-state index is 13.5. The molecule has 0 radical (unpaired) electrons. The number of hydrogen-bond acceptors (Lipinski definition) is 2. The van der Waals surface area contributed by atoms with Crippen LogP contribution < -0.4 is 10.1 Å². The van der Waals surface area contributed by atoms with Gasteiger partial charge < -0.3 is 10.1 Å². The molecule has 0 saturated heterocycles. The lowest BCUT2D eigenvalue weighted by atomic mass is 10.2. The van der Waals surface area contributed by atoms with Gasteiger partial charge in [0, 0.05) is 10.5 Å². The maximum Gasteiger partial charge on any atom is 0.248 e. The highest BCUT2D eigenvalue weighted by Gasteiger charge is 2.04. The fourth-order valence-electron chi connectivity index (χ4n) is 1.85. The number of amides is 1. The van der Waals surface area contributed by atoms with Crippen molar-refractivity contribution < 1.29 is 13.9 Å². The van der Waals surface area contributed by atoms with E-state index in [0.29, 0.717) is 11.3 Å². The van der Waals surface area contributed by atoms with E-state index in [-0.39, 0.29) is 11.7 Å². The van der Waals surface area contributed by atoms with Crippen molar-refractivity contribution in [3.63, 3.8) is 0 Å². The highest BCUT2D eigenvalue weighted by molar-refractivity contribution is 9.10. The summed E-state index contributed by atoms with van der Waals surface area (Å²) in [4.78, 5) is 11.9. The van der Waals surface area contributed by atoms with Crippen LogP contribution in [0.15, 0.2) is 46.9 Å². The van der Waals surface area contributed by atoms with E-state index in [1.807, 2.05) is 25.1 Å². The van der Waals surface area contributed by atoms with Crippen LogP contribution in [-0.2, 0) is 4.79 Å². The van der Waals surface area contributed by atoms with Crippen LogP contribution in [0.25, 0.3) is 6.08 Å². The topological polar surface area (TPSA) is 38.3 Å². The van der Waals surface area contributed by atoms with Crippen LogP contribution in [0, 0.1) is 12.7 Å². The summed E-state index contributed by atoms with van der Waals surface area (Å²) in [6, 6.07) is 10.1.